The fourth-order valence-electron chi connectivity index (χ4n) is 1.83. The average Bonchev–Trinajstić information content (AvgIpc) is 2.58. The summed E-state index contributed by atoms with van der Waals surface area (Å²) in [7, 11) is 0. The van der Waals surface area contributed by atoms with Gasteiger partial charge in [-0.25, -0.2) is 9.59 Å². The van der Waals surface area contributed by atoms with Crippen LogP contribution in [0.3, 0.4) is 0 Å². The molecule has 2 saturated heterocycles. The Kier molecular flexibility index (Phi) is 1.98. The highest BCUT2D eigenvalue weighted by Gasteiger charge is 2.46. The molecule has 78 valence electrons. The highest BCUT2D eigenvalue weighted by Crippen LogP contribution is 2.18. The van der Waals surface area contributed by atoms with E-state index in [-0.39, 0.29) is 30.4 Å². The molecular weight excluding hydrogens is 184 g/mol. The van der Waals surface area contributed by atoms with E-state index in [0.717, 1.165) is 6.42 Å². The summed E-state index contributed by atoms with van der Waals surface area (Å²) in [5.74, 6) is 0. The van der Waals surface area contributed by atoms with Crippen LogP contribution >= 0.6 is 0 Å². The van der Waals surface area contributed by atoms with E-state index in [1.807, 2.05) is 13.8 Å². The van der Waals surface area contributed by atoms with Gasteiger partial charge in [0, 0.05) is 6.04 Å². The summed E-state index contributed by atoms with van der Waals surface area (Å²) in [6.07, 6.45) is 0.334. The number of carbonyl (C=O) groups excluding carboxylic acids is 2. The molecule has 0 radical (unpaired) electrons. The molecule has 6 nitrogen and oxygen atoms in total. The zero-order chi connectivity index (χ0) is 10.3. The highest BCUT2D eigenvalue weighted by atomic mass is 16.2. The summed E-state index contributed by atoms with van der Waals surface area (Å²) in [5.41, 5.74) is 0. The van der Waals surface area contributed by atoms with Crippen molar-refractivity contribution in [3.8, 4) is 0 Å². The minimum absolute atomic E-state index is 0.123. The molecule has 0 aliphatic carbocycles. The standard InChI is InChI=1S/C8H14N4O2/c1-3-4(2)12-6-5(10-8(12)14)9-7(13)11-6/h4-6H,3H2,1-2H3,(H,10,14)(H2,9,11,13)/t4-,5-,6-/m0/s1. The van der Waals surface area contributed by atoms with Crippen LogP contribution in [0.2, 0.25) is 0 Å². The Hall–Kier alpha value is -1.46. The minimum atomic E-state index is -0.288. The van der Waals surface area contributed by atoms with Crippen LogP contribution in [0.5, 0.6) is 0 Å². The highest BCUT2D eigenvalue weighted by molar-refractivity contribution is 5.84. The molecule has 0 unspecified atom stereocenters. The lowest BCUT2D eigenvalue weighted by atomic mass is 10.2. The molecule has 0 saturated carbocycles. The minimum Gasteiger partial charge on any atom is -0.314 e. The molecule has 4 amide bonds. The maximum atomic E-state index is 11.5. The number of rotatable bonds is 2. The van der Waals surface area contributed by atoms with Crippen molar-refractivity contribution in [2.45, 2.75) is 38.6 Å². The van der Waals surface area contributed by atoms with Gasteiger partial charge in [0.1, 0.15) is 12.3 Å². The van der Waals surface area contributed by atoms with Crippen LogP contribution in [-0.4, -0.2) is 35.3 Å². The largest absolute Gasteiger partial charge is 0.321 e. The van der Waals surface area contributed by atoms with Crippen molar-refractivity contribution in [1.82, 2.24) is 20.9 Å². The Morgan fingerprint density at radius 2 is 2.07 bits per heavy atom. The van der Waals surface area contributed by atoms with E-state index >= 15 is 0 Å². The molecule has 0 spiro atoms. The van der Waals surface area contributed by atoms with Gasteiger partial charge in [-0.3, -0.25) is 4.90 Å². The SMILES string of the molecule is CC[C@H](C)N1C(=O)N[C@@H]2NC(=O)N[C@H]21. The Morgan fingerprint density at radius 3 is 2.71 bits per heavy atom. The summed E-state index contributed by atoms with van der Waals surface area (Å²) in [5, 5.41) is 8.04. The lowest BCUT2D eigenvalue weighted by Crippen LogP contribution is -2.47. The summed E-state index contributed by atoms with van der Waals surface area (Å²) in [6.45, 7) is 3.97. The molecule has 2 rings (SSSR count). The second-order valence-electron chi connectivity index (χ2n) is 3.65. The van der Waals surface area contributed by atoms with Crippen molar-refractivity contribution in [2.24, 2.45) is 0 Å². The summed E-state index contributed by atoms with van der Waals surface area (Å²) < 4.78 is 0. The lowest BCUT2D eigenvalue weighted by molar-refractivity contribution is 0.169. The summed E-state index contributed by atoms with van der Waals surface area (Å²) in [4.78, 5) is 24.2. The van der Waals surface area contributed by atoms with E-state index in [1.54, 1.807) is 4.90 Å². The first-order valence-corrected chi connectivity index (χ1v) is 4.79. The fraction of sp³-hybridized carbons (Fsp3) is 0.750. The molecule has 14 heavy (non-hydrogen) atoms. The molecule has 6 heteroatoms. The molecule has 2 aliphatic heterocycles. The van der Waals surface area contributed by atoms with Gasteiger partial charge in [0.15, 0.2) is 0 Å². The van der Waals surface area contributed by atoms with Crippen molar-refractivity contribution >= 4 is 12.1 Å². The van der Waals surface area contributed by atoms with E-state index in [4.69, 9.17) is 0 Å². The van der Waals surface area contributed by atoms with Crippen molar-refractivity contribution in [3.63, 3.8) is 0 Å². The predicted molar refractivity (Wildman–Crippen MR) is 49.4 cm³/mol. The molecule has 3 N–H and O–H groups in total. The van der Waals surface area contributed by atoms with E-state index in [2.05, 4.69) is 16.0 Å². The molecule has 0 aromatic heterocycles. The van der Waals surface area contributed by atoms with Gasteiger partial charge in [-0.1, -0.05) is 6.92 Å². The Bertz CT molecular complexity index is 281. The second-order valence-corrected chi connectivity index (χ2v) is 3.65. The van der Waals surface area contributed by atoms with Crippen molar-refractivity contribution < 1.29 is 9.59 Å². The predicted octanol–water partition coefficient (Wildman–Crippen LogP) is -0.225. The number of hydrogen-bond donors (Lipinski definition) is 3. The van der Waals surface area contributed by atoms with Crippen LogP contribution in [0.1, 0.15) is 20.3 Å². The molecule has 0 aromatic carbocycles. The van der Waals surface area contributed by atoms with Crippen LogP contribution in [0.15, 0.2) is 0 Å². The number of urea groups is 2. The van der Waals surface area contributed by atoms with E-state index in [1.165, 1.54) is 0 Å². The fourth-order valence-corrected chi connectivity index (χ4v) is 1.83. The zero-order valence-electron chi connectivity index (χ0n) is 8.20. The van der Waals surface area contributed by atoms with Crippen LogP contribution < -0.4 is 16.0 Å². The summed E-state index contributed by atoms with van der Waals surface area (Å²) >= 11 is 0. The number of nitrogens with one attached hydrogen (secondary N) is 3. The Balaban J connectivity index is 2.16. The smallest absolute Gasteiger partial charge is 0.314 e. The molecule has 2 aliphatic rings. The number of hydrogen-bond acceptors (Lipinski definition) is 2. The van der Waals surface area contributed by atoms with Crippen LogP contribution in [-0.2, 0) is 0 Å². The number of nitrogens with zero attached hydrogens (tertiary/aromatic N) is 1. The van der Waals surface area contributed by atoms with E-state index in [9.17, 15) is 9.59 Å². The van der Waals surface area contributed by atoms with Gasteiger partial charge in [-0.05, 0) is 13.3 Å². The Morgan fingerprint density at radius 1 is 1.36 bits per heavy atom. The van der Waals surface area contributed by atoms with Crippen molar-refractivity contribution in [1.29, 1.82) is 0 Å². The molecule has 2 fully saturated rings. The molecule has 0 bridgehead atoms. The second kappa shape index (κ2) is 3.04. The van der Waals surface area contributed by atoms with Crippen LogP contribution in [0.25, 0.3) is 0 Å². The van der Waals surface area contributed by atoms with Gasteiger partial charge < -0.3 is 16.0 Å². The third-order valence-corrected chi connectivity index (χ3v) is 2.76. The number of carbonyl (C=O) groups is 2. The number of fused-ring (bicyclic) bond motifs is 1. The molecule has 2 heterocycles. The normalized spacial score (nSPS) is 32.0. The van der Waals surface area contributed by atoms with Crippen LogP contribution in [0.4, 0.5) is 9.59 Å². The first kappa shape index (κ1) is 9.11. The third kappa shape index (κ3) is 1.18. The quantitative estimate of drug-likeness (QED) is 0.573. The van der Waals surface area contributed by atoms with Crippen molar-refractivity contribution in [3.05, 3.63) is 0 Å². The first-order chi connectivity index (χ1) is 6.63. The van der Waals surface area contributed by atoms with Gasteiger partial charge in [-0.2, -0.15) is 0 Å². The van der Waals surface area contributed by atoms with Gasteiger partial charge in [0.2, 0.25) is 0 Å². The van der Waals surface area contributed by atoms with Gasteiger partial charge in [-0.15, -0.1) is 0 Å². The molecular formula is C8H14N4O2. The van der Waals surface area contributed by atoms with Gasteiger partial charge in [0.25, 0.3) is 0 Å². The maximum Gasteiger partial charge on any atom is 0.321 e. The Labute approximate surface area is 82.0 Å². The monoisotopic (exact) mass is 198 g/mol. The van der Waals surface area contributed by atoms with E-state index in [0.29, 0.717) is 0 Å². The zero-order valence-corrected chi connectivity index (χ0v) is 8.20. The van der Waals surface area contributed by atoms with Crippen LogP contribution in [0, 0.1) is 0 Å². The molecule has 0 aromatic rings. The number of amides is 4. The summed E-state index contributed by atoms with van der Waals surface area (Å²) in [6, 6.07) is -0.222. The first-order valence-electron chi connectivity index (χ1n) is 4.79. The maximum absolute atomic E-state index is 11.5. The average molecular weight is 198 g/mol. The van der Waals surface area contributed by atoms with Crippen molar-refractivity contribution in [2.75, 3.05) is 0 Å². The van der Waals surface area contributed by atoms with Gasteiger partial charge in [0.05, 0.1) is 0 Å². The van der Waals surface area contributed by atoms with E-state index < -0.39 is 0 Å². The van der Waals surface area contributed by atoms with Gasteiger partial charge >= 0.3 is 12.1 Å². The third-order valence-electron chi connectivity index (χ3n) is 2.76. The molecule has 3 atom stereocenters. The lowest BCUT2D eigenvalue weighted by Gasteiger charge is -2.26. The topological polar surface area (TPSA) is 73.5 Å².